The van der Waals surface area contributed by atoms with Crippen LogP contribution in [0, 0.1) is 6.92 Å². The van der Waals surface area contributed by atoms with Gasteiger partial charge in [0, 0.05) is 5.56 Å². The Hall–Kier alpha value is -2.32. The molecule has 6 nitrogen and oxygen atoms in total. The first kappa shape index (κ1) is 19.0. The number of nitrogens with zero attached hydrogens (tertiary/aromatic N) is 3. The molecule has 0 saturated heterocycles. The van der Waals surface area contributed by atoms with E-state index in [0.717, 1.165) is 7.11 Å². The molecule has 9 heteroatoms. The second-order valence-electron chi connectivity index (χ2n) is 6.37. The van der Waals surface area contributed by atoms with Crippen molar-refractivity contribution in [2.24, 2.45) is 0 Å². The normalized spacial score (nSPS) is 12.4. The van der Waals surface area contributed by atoms with Crippen molar-refractivity contribution in [3.63, 3.8) is 0 Å². The van der Waals surface area contributed by atoms with E-state index >= 15 is 0 Å². The highest BCUT2D eigenvalue weighted by molar-refractivity contribution is 5.58. The summed E-state index contributed by atoms with van der Waals surface area (Å²) in [5, 5.41) is 3.87. The van der Waals surface area contributed by atoms with Crippen molar-refractivity contribution in [2.45, 2.75) is 52.8 Å². The van der Waals surface area contributed by atoms with Gasteiger partial charge in [0.1, 0.15) is 11.4 Å². The van der Waals surface area contributed by atoms with Crippen molar-refractivity contribution in [3.8, 4) is 23.3 Å². The lowest BCUT2D eigenvalue weighted by Gasteiger charge is -2.24. The van der Waals surface area contributed by atoms with Gasteiger partial charge in [-0.15, -0.1) is 0 Å². The molecule has 0 fully saturated rings. The zero-order valence-corrected chi connectivity index (χ0v) is 14.9. The lowest BCUT2D eigenvalue weighted by molar-refractivity contribution is -0.141. The predicted octanol–water partition coefficient (Wildman–Crippen LogP) is 4.21. The minimum absolute atomic E-state index is 0.0437. The number of ether oxygens (including phenoxy) is 2. The quantitative estimate of drug-likeness (QED) is 0.814. The fourth-order valence-electron chi connectivity index (χ4n) is 2.26. The second-order valence-corrected chi connectivity index (χ2v) is 6.37. The van der Waals surface area contributed by atoms with Crippen molar-refractivity contribution in [3.05, 3.63) is 16.9 Å². The van der Waals surface area contributed by atoms with Crippen LogP contribution in [-0.4, -0.2) is 27.8 Å². The van der Waals surface area contributed by atoms with Gasteiger partial charge in [0.2, 0.25) is 11.8 Å². The molecule has 0 amide bonds. The number of hydrogen-bond donors (Lipinski definition) is 0. The third kappa shape index (κ3) is 4.02. The van der Waals surface area contributed by atoms with Crippen molar-refractivity contribution >= 4 is 0 Å². The Morgan fingerprint density at radius 1 is 1.08 bits per heavy atom. The van der Waals surface area contributed by atoms with E-state index in [0.29, 0.717) is 17.7 Å². The third-order valence-electron chi connectivity index (χ3n) is 3.27. The van der Waals surface area contributed by atoms with E-state index in [2.05, 4.69) is 15.1 Å². The summed E-state index contributed by atoms with van der Waals surface area (Å²) in [6, 6.07) is 0. The molecule has 138 valence electrons. The maximum Gasteiger partial charge on any atom is 0.426 e. The molecule has 0 unspecified atom stereocenters. The summed E-state index contributed by atoms with van der Waals surface area (Å²) in [6.45, 7) is 8.46. The summed E-state index contributed by atoms with van der Waals surface area (Å²) >= 11 is 0. The zero-order chi connectivity index (χ0) is 19.0. The summed E-state index contributed by atoms with van der Waals surface area (Å²) in [7, 11) is 1.11. The van der Waals surface area contributed by atoms with E-state index in [1.54, 1.807) is 27.7 Å². The van der Waals surface area contributed by atoms with Crippen molar-refractivity contribution in [1.82, 2.24) is 15.1 Å². The molecule has 0 aliphatic heterocycles. The highest BCUT2D eigenvalue weighted by Crippen LogP contribution is 2.42. The van der Waals surface area contributed by atoms with Crippen LogP contribution in [0.5, 0.6) is 11.8 Å². The standard InChI is InChI=1S/C16H20F3N3O3/c1-7-9-8(2)25-22-11(9)12-20-13(23-6)10(16(17,18)19)14(21-12)24-15(3,4)5/h7H2,1-6H3. The van der Waals surface area contributed by atoms with Gasteiger partial charge in [-0.3, -0.25) is 0 Å². The molecular formula is C16H20F3N3O3. The Kier molecular flexibility index (Phi) is 4.97. The molecule has 0 aliphatic carbocycles. The van der Waals surface area contributed by atoms with Gasteiger partial charge < -0.3 is 14.0 Å². The first-order valence-electron chi connectivity index (χ1n) is 7.65. The predicted molar refractivity (Wildman–Crippen MR) is 83.6 cm³/mol. The number of rotatable bonds is 4. The highest BCUT2D eigenvalue weighted by atomic mass is 19.4. The summed E-state index contributed by atoms with van der Waals surface area (Å²) < 4.78 is 55.9. The lowest BCUT2D eigenvalue weighted by Crippen LogP contribution is -2.26. The maximum atomic E-state index is 13.5. The Morgan fingerprint density at radius 3 is 2.16 bits per heavy atom. The van der Waals surface area contributed by atoms with Gasteiger partial charge in [-0.1, -0.05) is 12.1 Å². The van der Waals surface area contributed by atoms with Crippen LogP contribution in [0.1, 0.15) is 44.6 Å². The van der Waals surface area contributed by atoms with Crippen LogP contribution in [0.15, 0.2) is 4.52 Å². The molecule has 0 spiro atoms. The van der Waals surface area contributed by atoms with Crippen molar-refractivity contribution in [2.75, 3.05) is 7.11 Å². The molecule has 0 radical (unpaired) electrons. The van der Waals surface area contributed by atoms with Gasteiger partial charge in [0.25, 0.3) is 0 Å². The Balaban J connectivity index is 2.74. The first-order valence-corrected chi connectivity index (χ1v) is 7.65. The largest absolute Gasteiger partial charge is 0.480 e. The van der Waals surface area contributed by atoms with Crippen LogP contribution in [0.2, 0.25) is 0 Å². The van der Waals surface area contributed by atoms with Crippen LogP contribution in [0.3, 0.4) is 0 Å². The Morgan fingerprint density at radius 2 is 1.68 bits per heavy atom. The molecule has 2 aromatic rings. The number of aromatic nitrogens is 3. The molecule has 2 aromatic heterocycles. The van der Waals surface area contributed by atoms with Crippen LogP contribution < -0.4 is 9.47 Å². The summed E-state index contributed by atoms with van der Waals surface area (Å²) in [5.41, 5.74) is -1.08. The summed E-state index contributed by atoms with van der Waals surface area (Å²) in [5.74, 6) is -0.722. The second kappa shape index (κ2) is 6.53. The SMILES string of the molecule is CCc1c(-c2nc(OC)c(C(F)(F)F)c(OC(C)(C)C)n2)noc1C. The molecule has 0 atom stereocenters. The molecule has 25 heavy (non-hydrogen) atoms. The number of methoxy groups -OCH3 is 1. The third-order valence-corrected chi connectivity index (χ3v) is 3.27. The van der Waals surface area contributed by atoms with Gasteiger partial charge in [-0.05, 0) is 34.1 Å². The van der Waals surface area contributed by atoms with Gasteiger partial charge >= 0.3 is 6.18 Å². The average molecular weight is 359 g/mol. The van der Waals surface area contributed by atoms with Gasteiger partial charge in [0.05, 0.1) is 7.11 Å². The topological polar surface area (TPSA) is 70.3 Å². The van der Waals surface area contributed by atoms with Crippen LogP contribution in [0.25, 0.3) is 11.5 Å². The molecule has 2 heterocycles. The summed E-state index contributed by atoms with van der Waals surface area (Å²) in [6.07, 6.45) is -4.18. The van der Waals surface area contributed by atoms with Gasteiger partial charge in [-0.25, -0.2) is 0 Å². The molecule has 0 saturated carbocycles. The molecule has 2 rings (SSSR count). The van der Waals surface area contributed by atoms with Gasteiger partial charge in [-0.2, -0.15) is 23.1 Å². The monoisotopic (exact) mass is 359 g/mol. The van der Waals surface area contributed by atoms with E-state index in [1.165, 1.54) is 0 Å². The minimum Gasteiger partial charge on any atom is -0.480 e. The Bertz CT molecular complexity index is 764. The highest BCUT2D eigenvalue weighted by Gasteiger charge is 2.42. The fraction of sp³-hybridized carbons (Fsp3) is 0.562. The molecule has 0 bridgehead atoms. The number of halogens is 3. The Labute approximate surface area is 143 Å². The lowest BCUT2D eigenvalue weighted by atomic mass is 10.1. The van der Waals surface area contributed by atoms with Crippen LogP contribution >= 0.6 is 0 Å². The van der Waals surface area contributed by atoms with Crippen LogP contribution in [0.4, 0.5) is 13.2 Å². The van der Waals surface area contributed by atoms with E-state index < -0.39 is 29.1 Å². The minimum atomic E-state index is -4.74. The first-order chi connectivity index (χ1) is 11.5. The zero-order valence-electron chi connectivity index (χ0n) is 14.9. The molecule has 0 N–H and O–H groups in total. The number of alkyl halides is 3. The fourth-order valence-corrected chi connectivity index (χ4v) is 2.26. The smallest absolute Gasteiger partial charge is 0.426 e. The molecular weight excluding hydrogens is 339 g/mol. The van der Waals surface area contributed by atoms with Crippen molar-refractivity contribution < 1.29 is 27.2 Å². The molecule has 0 aromatic carbocycles. The van der Waals surface area contributed by atoms with E-state index in [1.807, 2.05) is 6.92 Å². The number of hydrogen-bond acceptors (Lipinski definition) is 6. The van der Waals surface area contributed by atoms with Gasteiger partial charge in [0.15, 0.2) is 17.1 Å². The maximum absolute atomic E-state index is 13.5. The average Bonchev–Trinajstić information content (AvgIpc) is 2.84. The summed E-state index contributed by atoms with van der Waals surface area (Å²) in [4.78, 5) is 7.85. The number of aryl methyl sites for hydroxylation is 1. The molecule has 0 aliphatic rings. The van der Waals surface area contributed by atoms with Crippen LogP contribution in [-0.2, 0) is 12.6 Å². The van der Waals surface area contributed by atoms with E-state index in [-0.39, 0.29) is 11.5 Å². The van der Waals surface area contributed by atoms with E-state index in [9.17, 15) is 13.2 Å². The van der Waals surface area contributed by atoms with Crippen molar-refractivity contribution in [1.29, 1.82) is 0 Å². The van der Waals surface area contributed by atoms with E-state index in [4.69, 9.17) is 14.0 Å².